The van der Waals surface area contributed by atoms with Crippen molar-refractivity contribution in [3.8, 4) is 6.07 Å². The van der Waals surface area contributed by atoms with Gasteiger partial charge in [-0.05, 0) is 25.1 Å². The molecule has 3 rings (SSSR count). The maximum absolute atomic E-state index is 8.92. The van der Waals surface area contributed by atoms with Crippen LogP contribution < -0.4 is 4.90 Å². The molecule has 1 aliphatic rings. The lowest BCUT2D eigenvalue weighted by Crippen LogP contribution is -2.47. The lowest BCUT2D eigenvalue weighted by atomic mass is 10.1. The molecule has 0 aliphatic carbocycles. The lowest BCUT2D eigenvalue weighted by Gasteiger charge is -2.38. The molecule has 1 fully saturated rings. The van der Waals surface area contributed by atoms with Crippen LogP contribution in [0.1, 0.15) is 30.3 Å². The fourth-order valence-electron chi connectivity index (χ4n) is 2.82. The predicted octanol–water partition coefficient (Wildman–Crippen LogP) is 2.79. The van der Waals surface area contributed by atoms with Crippen LogP contribution in [0.15, 0.2) is 22.6 Å². The first-order valence-electron chi connectivity index (χ1n) is 7.57. The molecule has 0 saturated carbocycles. The van der Waals surface area contributed by atoms with Gasteiger partial charge < -0.3 is 9.32 Å². The monoisotopic (exact) mass is 331 g/mol. The molecule has 0 bridgehead atoms. The molecule has 1 aliphatic heterocycles. The maximum atomic E-state index is 8.92. The van der Waals surface area contributed by atoms with Gasteiger partial charge in [-0.3, -0.25) is 4.90 Å². The molecule has 6 nitrogen and oxygen atoms in total. The number of anilines is 1. The van der Waals surface area contributed by atoms with Gasteiger partial charge in [0.15, 0.2) is 0 Å². The Kier molecular flexibility index (Phi) is 4.51. The van der Waals surface area contributed by atoms with Crippen molar-refractivity contribution in [1.82, 2.24) is 15.1 Å². The number of hydrogen-bond acceptors (Lipinski definition) is 6. The number of hydrogen-bond donors (Lipinski definition) is 0. The molecule has 0 N–H and O–H groups in total. The molecular weight excluding hydrogens is 314 g/mol. The second-order valence-electron chi connectivity index (χ2n) is 5.64. The summed E-state index contributed by atoms with van der Waals surface area (Å²) in [4.78, 5) is 4.56. The van der Waals surface area contributed by atoms with Crippen molar-refractivity contribution < 1.29 is 4.42 Å². The maximum Gasteiger partial charge on any atom is 0.233 e. The number of aromatic nitrogens is 2. The standard InChI is InChI=1S/C16H18ClN5O/c1-11(16-20-19-12(2)23-16)21-5-7-22(8-6-21)15-4-3-13(10-18)9-14(15)17/h3-4,9,11H,5-8H2,1-2H3. The van der Waals surface area contributed by atoms with Gasteiger partial charge in [-0.15, -0.1) is 10.2 Å². The molecule has 0 radical (unpaired) electrons. The van der Waals surface area contributed by atoms with Crippen molar-refractivity contribution in [2.24, 2.45) is 0 Å². The molecule has 7 heteroatoms. The van der Waals surface area contributed by atoms with Crippen LogP contribution in [0.3, 0.4) is 0 Å². The lowest BCUT2D eigenvalue weighted by molar-refractivity contribution is 0.172. The number of aryl methyl sites for hydroxylation is 1. The number of benzene rings is 1. The highest BCUT2D eigenvalue weighted by Crippen LogP contribution is 2.29. The fourth-order valence-corrected chi connectivity index (χ4v) is 3.12. The van der Waals surface area contributed by atoms with Crippen molar-refractivity contribution in [3.63, 3.8) is 0 Å². The van der Waals surface area contributed by atoms with Crippen molar-refractivity contribution >= 4 is 17.3 Å². The number of nitriles is 1. The molecule has 23 heavy (non-hydrogen) atoms. The van der Waals surface area contributed by atoms with Gasteiger partial charge in [0.1, 0.15) is 0 Å². The Hall–Kier alpha value is -2.10. The van der Waals surface area contributed by atoms with E-state index in [1.165, 1.54) is 0 Å². The third-order valence-electron chi connectivity index (χ3n) is 4.18. The van der Waals surface area contributed by atoms with E-state index in [0.717, 1.165) is 31.9 Å². The quantitative estimate of drug-likeness (QED) is 0.861. The molecule has 2 aromatic rings. The van der Waals surface area contributed by atoms with E-state index in [1.807, 2.05) is 6.07 Å². The zero-order chi connectivity index (χ0) is 16.4. The Labute approximate surface area is 140 Å². The summed E-state index contributed by atoms with van der Waals surface area (Å²) in [5.74, 6) is 1.25. The van der Waals surface area contributed by atoms with Gasteiger partial charge in [0.05, 0.1) is 28.4 Å². The first-order valence-corrected chi connectivity index (χ1v) is 7.95. The minimum Gasteiger partial charge on any atom is -0.424 e. The first-order chi connectivity index (χ1) is 11.1. The van der Waals surface area contributed by atoms with E-state index in [4.69, 9.17) is 21.3 Å². The predicted molar refractivity (Wildman–Crippen MR) is 87.4 cm³/mol. The molecule has 1 saturated heterocycles. The van der Waals surface area contributed by atoms with Crippen LogP contribution in [0.5, 0.6) is 0 Å². The van der Waals surface area contributed by atoms with Crippen LogP contribution >= 0.6 is 11.6 Å². The van der Waals surface area contributed by atoms with E-state index >= 15 is 0 Å². The largest absolute Gasteiger partial charge is 0.424 e. The van der Waals surface area contributed by atoms with Crippen LogP contribution in [0, 0.1) is 18.3 Å². The van der Waals surface area contributed by atoms with Crippen molar-refractivity contribution in [3.05, 3.63) is 40.6 Å². The van der Waals surface area contributed by atoms with Gasteiger partial charge in [0, 0.05) is 33.1 Å². The third kappa shape index (κ3) is 3.31. The fraction of sp³-hybridized carbons (Fsp3) is 0.438. The summed E-state index contributed by atoms with van der Waals surface area (Å²) >= 11 is 6.30. The molecular formula is C16H18ClN5O. The molecule has 0 amide bonds. The molecule has 0 spiro atoms. The van der Waals surface area contributed by atoms with E-state index in [9.17, 15) is 0 Å². The number of piperazine rings is 1. The summed E-state index contributed by atoms with van der Waals surface area (Å²) in [6.07, 6.45) is 0. The summed E-state index contributed by atoms with van der Waals surface area (Å²) in [6, 6.07) is 7.65. The van der Waals surface area contributed by atoms with Gasteiger partial charge in [-0.25, -0.2) is 0 Å². The summed E-state index contributed by atoms with van der Waals surface area (Å²) in [6.45, 7) is 7.38. The summed E-state index contributed by atoms with van der Waals surface area (Å²) < 4.78 is 5.53. The van der Waals surface area contributed by atoms with Crippen LogP contribution in [0.4, 0.5) is 5.69 Å². The first kappa shape index (κ1) is 15.8. The molecule has 120 valence electrons. The van der Waals surface area contributed by atoms with E-state index in [0.29, 0.717) is 22.4 Å². The van der Waals surface area contributed by atoms with Crippen LogP contribution in [0.25, 0.3) is 0 Å². The van der Waals surface area contributed by atoms with Crippen LogP contribution in [0.2, 0.25) is 5.02 Å². The minimum atomic E-state index is 0.106. The smallest absolute Gasteiger partial charge is 0.233 e. The molecule has 1 aromatic carbocycles. The highest BCUT2D eigenvalue weighted by atomic mass is 35.5. The highest BCUT2D eigenvalue weighted by Gasteiger charge is 2.26. The van der Waals surface area contributed by atoms with E-state index in [-0.39, 0.29) is 6.04 Å². The van der Waals surface area contributed by atoms with Crippen molar-refractivity contribution in [2.75, 3.05) is 31.1 Å². The summed E-state index contributed by atoms with van der Waals surface area (Å²) in [7, 11) is 0. The van der Waals surface area contributed by atoms with E-state index in [1.54, 1.807) is 19.1 Å². The van der Waals surface area contributed by atoms with Gasteiger partial charge in [-0.1, -0.05) is 11.6 Å². The number of nitrogens with zero attached hydrogens (tertiary/aromatic N) is 5. The Bertz CT molecular complexity index is 730. The average molecular weight is 332 g/mol. The molecule has 2 heterocycles. The average Bonchev–Trinajstić information content (AvgIpc) is 3.00. The van der Waals surface area contributed by atoms with Gasteiger partial charge >= 0.3 is 0 Å². The third-order valence-corrected chi connectivity index (χ3v) is 4.48. The molecule has 1 atom stereocenters. The van der Waals surface area contributed by atoms with Crippen molar-refractivity contribution in [1.29, 1.82) is 5.26 Å². The highest BCUT2D eigenvalue weighted by molar-refractivity contribution is 6.33. The number of rotatable bonds is 3. The molecule has 1 unspecified atom stereocenters. The summed E-state index contributed by atoms with van der Waals surface area (Å²) in [5, 5.41) is 17.5. The zero-order valence-electron chi connectivity index (χ0n) is 13.2. The van der Waals surface area contributed by atoms with Gasteiger partial charge in [0.25, 0.3) is 0 Å². The van der Waals surface area contributed by atoms with Crippen LogP contribution in [-0.4, -0.2) is 41.3 Å². The Morgan fingerprint density at radius 2 is 2.00 bits per heavy atom. The summed E-state index contributed by atoms with van der Waals surface area (Å²) in [5.41, 5.74) is 1.56. The minimum absolute atomic E-state index is 0.106. The van der Waals surface area contributed by atoms with Crippen LogP contribution in [-0.2, 0) is 0 Å². The Morgan fingerprint density at radius 3 is 2.57 bits per heavy atom. The SMILES string of the molecule is Cc1nnc(C(C)N2CCN(c3ccc(C#N)cc3Cl)CC2)o1. The van der Waals surface area contributed by atoms with Gasteiger partial charge in [0.2, 0.25) is 11.8 Å². The molecule has 1 aromatic heterocycles. The van der Waals surface area contributed by atoms with Crippen molar-refractivity contribution in [2.45, 2.75) is 19.9 Å². The normalized spacial score (nSPS) is 17.0. The van der Waals surface area contributed by atoms with E-state index in [2.05, 4.69) is 33.0 Å². The zero-order valence-corrected chi connectivity index (χ0v) is 13.9. The second-order valence-corrected chi connectivity index (χ2v) is 6.04. The van der Waals surface area contributed by atoms with Gasteiger partial charge in [-0.2, -0.15) is 5.26 Å². The Balaban J connectivity index is 1.65. The van der Waals surface area contributed by atoms with E-state index < -0.39 is 0 Å². The second kappa shape index (κ2) is 6.57. The number of halogens is 1. The Morgan fingerprint density at radius 1 is 1.26 bits per heavy atom. The topological polar surface area (TPSA) is 69.2 Å².